The molecule has 14 heteroatoms. The highest BCUT2D eigenvalue weighted by atomic mass is 32.1. The second-order valence-corrected chi connectivity index (χ2v) is 8.98. The Morgan fingerprint density at radius 3 is 2.50 bits per heavy atom. The zero-order chi connectivity index (χ0) is 26.4. The molecule has 1 aliphatic heterocycles. The second kappa shape index (κ2) is 9.39. The molecule has 0 aliphatic carbocycles. The first kappa shape index (κ1) is 25.9. The predicted molar refractivity (Wildman–Crippen MR) is 117 cm³/mol. The molecule has 0 saturated carbocycles. The molecule has 3 aromatic rings. The lowest BCUT2D eigenvalue weighted by Crippen LogP contribution is -2.37. The minimum absolute atomic E-state index is 0.0411. The van der Waals surface area contributed by atoms with Crippen molar-refractivity contribution in [2.45, 2.75) is 38.2 Å². The molecule has 1 aromatic carbocycles. The van der Waals surface area contributed by atoms with Crippen molar-refractivity contribution in [2.24, 2.45) is 0 Å². The van der Waals surface area contributed by atoms with Crippen LogP contribution in [-0.2, 0) is 17.5 Å². The van der Waals surface area contributed by atoms with Gasteiger partial charge in [0.1, 0.15) is 33.9 Å². The Kier molecular flexibility index (Phi) is 6.77. The van der Waals surface area contributed by atoms with E-state index in [1.807, 2.05) is 0 Å². The smallest absolute Gasteiger partial charge is 0.433 e. The van der Waals surface area contributed by atoms with Gasteiger partial charge in [-0.05, 0) is 36.2 Å². The number of halogens is 7. The number of nitrogens with one attached hydrogen (secondary N) is 2. The van der Waals surface area contributed by atoms with Crippen LogP contribution in [0.3, 0.4) is 0 Å². The molecule has 194 valence electrons. The number of methoxy groups -OCH3 is 1. The molecule has 1 amide bonds. The number of hydrogen-bond acceptors (Lipinski definition) is 6. The van der Waals surface area contributed by atoms with E-state index in [0.717, 1.165) is 17.4 Å². The average molecular weight is 537 g/mol. The van der Waals surface area contributed by atoms with Crippen LogP contribution in [0.25, 0.3) is 10.2 Å². The normalized spacial score (nSPS) is 16.2. The Balaban J connectivity index is 1.63. The number of alkyl halides is 7. The zero-order valence-corrected chi connectivity index (χ0v) is 19.4. The van der Waals surface area contributed by atoms with E-state index in [4.69, 9.17) is 9.47 Å². The van der Waals surface area contributed by atoms with Crippen LogP contribution in [0.2, 0.25) is 0 Å². The van der Waals surface area contributed by atoms with Crippen molar-refractivity contribution in [3.8, 4) is 5.75 Å². The van der Waals surface area contributed by atoms with Crippen LogP contribution in [0, 0.1) is 6.92 Å². The predicted octanol–water partition coefficient (Wildman–Crippen LogP) is 5.90. The van der Waals surface area contributed by atoms with Crippen LogP contribution in [0.5, 0.6) is 5.75 Å². The molecule has 0 saturated heterocycles. The topological polar surface area (TPSA) is 72.5 Å². The number of benzene rings is 1. The van der Waals surface area contributed by atoms with Crippen LogP contribution in [-0.4, -0.2) is 37.0 Å². The zero-order valence-electron chi connectivity index (χ0n) is 18.6. The summed E-state index contributed by atoms with van der Waals surface area (Å²) in [5.74, 6) is -4.63. The van der Waals surface area contributed by atoms with Crippen LogP contribution < -0.4 is 15.4 Å². The van der Waals surface area contributed by atoms with E-state index in [2.05, 4.69) is 15.6 Å². The summed E-state index contributed by atoms with van der Waals surface area (Å²) in [5.41, 5.74) is 0.207. The Morgan fingerprint density at radius 2 is 1.86 bits per heavy atom. The number of rotatable bonds is 7. The number of thiophene rings is 1. The Hall–Kier alpha value is -3.13. The molecule has 2 N–H and O–H groups in total. The molecule has 4 rings (SSSR count). The van der Waals surface area contributed by atoms with E-state index in [1.165, 1.54) is 26.2 Å². The van der Waals surface area contributed by atoms with Gasteiger partial charge in [-0.3, -0.25) is 4.79 Å². The van der Waals surface area contributed by atoms with Crippen molar-refractivity contribution in [2.75, 3.05) is 19.0 Å². The van der Waals surface area contributed by atoms with E-state index < -0.39 is 49.5 Å². The van der Waals surface area contributed by atoms with Crippen molar-refractivity contribution in [1.29, 1.82) is 0 Å². The van der Waals surface area contributed by atoms with E-state index >= 15 is 0 Å². The van der Waals surface area contributed by atoms with Gasteiger partial charge < -0.3 is 20.1 Å². The van der Waals surface area contributed by atoms with Crippen molar-refractivity contribution in [1.82, 2.24) is 10.3 Å². The van der Waals surface area contributed by atoms with Crippen molar-refractivity contribution in [3.05, 3.63) is 51.5 Å². The summed E-state index contributed by atoms with van der Waals surface area (Å²) in [7, 11) is 1.32. The minimum atomic E-state index is -4.65. The highest BCUT2D eigenvalue weighted by Gasteiger charge is 2.41. The molecule has 0 radical (unpaired) electrons. The molecule has 1 unspecified atom stereocenters. The van der Waals surface area contributed by atoms with Gasteiger partial charge in [0.2, 0.25) is 0 Å². The first-order valence-corrected chi connectivity index (χ1v) is 11.1. The maximum atomic E-state index is 13.2. The van der Waals surface area contributed by atoms with Crippen LogP contribution in [0.15, 0.2) is 24.3 Å². The number of hydrogen-bond donors (Lipinski definition) is 2. The number of fused-ring (bicyclic) bond motifs is 3. The fraction of sp³-hybridized carbons (Fsp3) is 0.364. The summed E-state index contributed by atoms with van der Waals surface area (Å²) in [4.78, 5) is 16.7. The first-order chi connectivity index (χ1) is 16.8. The quantitative estimate of drug-likeness (QED) is 0.367. The summed E-state index contributed by atoms with van der Waals surface area (Å²) < 4.78 is 101. The lowest BCUT2D eigenvalue weighted by molar-refractivity contribution is -0.168. The van der Waals surface area contributed by atoms with Crippen LogP contribution in [0.4, 0.5) is 36.4 Å². The number of anilines is 1. The molecule has 2 aromatic heterocycles. The summed E-state index contributed by atoms with van der Waals surface area (Å²) in [6, 6.07) is 5.43. The summed E-state index contributed by atoms with van der Waals surface area (Å²) in [6.45, 7) is -0.504. The van der Waals surface area contributed by atoms with E-state index in [-0.39, 0.29) is 26.6 Å². The summed E-state index contributed by atoms with van der Waals surface area (Å²) >= 11 is 0.816. The highest BCUT2D eigenvalue weighted by molar-refractivity contribution is 7.21. The van der Waals surface area contributed by atoms with E-state index in [0.29, 0.717) is 16.6 Å². The molecule has 36 heavy (non-hydrogen) atoms. The molecule has 0 fully saturated rings. The van der Waals surface area contributed by atoms with Crippen LogP contribution >= 0.6 is 11.3 Å². The lowest BCUT2D eigenvalue weighted by atomic mass is 10.0. The van der Waals surface area contributed by atoms with Crippen LogP contribution in [0.1, 0.15) is 38.2 Å². The number of nitrogens with zero attached hydrogens (tertiary/aromatic N) is 1. The maximum Gasteiger partial charge on any atom is 0.433 e. The van der Waals surface area contributed by atoms with Gasteiger partial charge in [0.15, 0.2) is 0 Å². The number of ether oxygens (including phenoxy) is 2. The van der Waals surface area contributed by atoms with Crippen molar-refractivity contribution in [3.63, 3.8) is 0 Å². The molecule has 0 spiro atoms. The average Bonchev–Trinajstić information content (AvgIpc) is 3.18. The Morgan fingerprint density at radius 1 is 1.14 bits per heavy atom. The number of carbonyl (C=O) groups excluding carboxylic acids is 1. The Bertz CT molecular complexity index is 1310. The van der Waals surface area contributed by atoms with E-state index in [1.54, 1.807) is 6.07 Å². The van der Waals surface area contributed by atoms with Crippen molar-refractivity contribution >= 4 is 33.1 Å². The van der Waals surface area contributed by atoms with Gasteiger partial charge in [-0.25, -0.2) is 13.8 Å². The van der Waals surface area contributed by atoms with Gasteiger partial charge in [-0.2, -0.15) is 22.0 Å². The number of aryl methyl sites for hydroxylation is 1. The van der Waals surface area contributed by atoms with Gasteiger partial charge in [-0.15, -0.1) is 11.3 Å². The largest absolute Gasteiger partial charge is 0.496 e. The third-order valence-electron chi connectivity index (χ3n) is 5.43. The third kappa shape index (κ3) is 4.91. The standard InChI is InChI=1S/C22H18F7N3O3S/c1-9-5-13(22(27,28)29)30-19-14(9)15-16(36-19)18(33)32-17(31-15)10-3-4-12(34-2)11(6-10)7-35-8-21(25,26)20(23)24/h3-6,17,20,31H,7-8H2,1-2H3,(H,32,33). The molecule has 0 bridgehead atoms. The highest BCUT2D eigenvalue weighted by Crippen LogP contribution is 2.43. The fourth-order valence-corrected chi connectivity index (χ4v) is 4.84. The molecule has 1 aliphatic rings. The second-order valence-electron chi connectivity index (χ2n) is 7.99. The molecular formula is C22H18F7N3O3S. The van der Waals surface area contributed by atoms with Gasteiger partial charge >= 0.3 is 18.5 Å². The molecule has 3 heterocycles. The maximum absolute atomic E-state index is 13.2. The number of pyridine rings is 1. The van der Waals surface area contributed by atoms with Gasteiger partial charge in [-0.1, -0.05) is 6.07 Å². The van der Waals surface area contributed by atoms with Gasteiger partial charge in [0.25, 0.3) is 5.91 Å². The number of aromatic nitrogens is 1. The summed E-state index contributed by atoms with van der Waals surface area (Å²) in [5, 5.41) is 6.14. The monoisotopic (exact) mass is 537 g/mol. The number of amides is 1. The summed E-state index contributed by atoms with van der Waals surface area (Å²) in [6.07, 6.45) is -9.38. The van der Waals surface area contributed by atoms with Gasteiger partial charge in [0, 0.05) is 10.9 Å². The van der Waals surface area contributed by atoms with Gasteiger partial charge in [0.05, 0.1) is 19.4 Å². The first-order valence-electron chi connectivity index (χ1n) is 10.3. The van der Waals surface area contributed by atoms with Crippen molar-refractivity contribution < 1.29 is 45.0 Å². The molecular weight excluding hydrogens is 519 g/mol. The minimum Gasteiger partial charge on any atom is -0.496 e. The molecule has 1 atom stereocenters. The fourth-order valence-electron chi connectivity index (χ4n) is 3.72. The SMILES string of the molecule is COc1ccc(C2NC(=O)c3sc4nc(C(F)(F)F)cc(C)c4c3N2)cc1COCC(F)(F)C(F)F. The molecule has 6 nitrogen and oxygen atoms in total. The third-order valence-corrected chi connectivity index (χ3v) is 6.51. The number of carbonyl (C=O) groups is 1. The Labute approximate surface area is 203 Å². The lowest BCUT2D eigenvalue weighted by Gasteiger charge is -2.27. The van der Waals surface area contributed by atoms with E-state index in [9.17, 15) is 35.5 Å².